The van der Waals surface area contributed by atoms with Crippen molar-refractivity contribution in [2.75, 3.05) is 39.2 Å². The minimum Gasteiger partial charge on any atom is -0.481 e. The van der Waals surface area contributed by atoms with Crippen LogP contribution in [0.15, 0.2) is 6.07 Å². The van der Waals surface area contributed by atoms with Crippen LogP contribution in [0, 0.1) is 11.3 Å². The Hall–Kier alpha value is -2.07. The molecule has 7 heteroatoms. The van der Waals surface area contributed by atoms with E-state index in [0.717, 1.165) is 25.9 Å². The van der Waals surface area contributed by atoms with Crippen LogP contribution in [0.2, 0.25) is 0 Å². The zero-order valence-electron chi connectivity index (χ0n) is 11.8. The Morgan fingerprint density at radius 1 is 1.30 bits per heavy atom. The molecule has 0 aromatic carbocycles. The fraction of sp³-hybridized carbons (Fsp3) is 0.615. The standard InChI is InChI=1S/C13H19N5O2/c1-19-11-9-12(20-2)17-13(16-11)15-10-3-6-18(7-4-10)8-5-14/h9-10H,3-4,6-8H2,1-2H3,(H,15,16,17). The smallest absolute Gasteiger partial charge is 0.229 e. The molecular weight excluding hydrogens is 258 g/mol. The molecule has 0 amide bonds. The second-order valence-corrected chi connectivity index (χ2v) is 4.63. The number of piperidine rings is 1. The highest BCUT2D eigenvalue weighted by molar-refractivity contribution is 5.34. The third-order valence-electron chi connectivity index (χ3n) is 3.31. The molecule has 0 radical (unpaired) electrons. The number of hydrogen-bond donors (Lipinski definition) is 1. The largest absolute Gasteiger partial charge is 0.481 e. The van der Waals surface area contributed by atoms with Crippen molar-refractivity contribution < 1.29 is 9.47 Å². The predicted octanol–water partition coefficient (Wildman–Crippen LogP) is 0.894. The van der Waals surface area contributed by atoms with Gasteiger partial charge >= 0.3 is 0 Å². The highest BCUT2D eigenvalue weighted by atomic mass is 16.5. The summed E-state index contributed by atoms with van der Waals surface area (Å²) in [5.41, 5.74) is 0. The van der Waals surface area contributed by atoms with E-state index in [9.17, 15) is 0 Å². The lowest BCUT2D eigenvalue weighted by atomic mass is 10.1. The van der Waals surface area contributed by atoms with E-state index in [2.05, 4.69) is 26.3 Å². The molecule has 2 heterocycles. The van der Waals surface area contributed by atoms with Gasteiger partial charge in [0.05, 0.1) is 32.9 Å². The Morgan fingerprint density at radius 2 is 1.90 bits per heavy atom. The molecule has 20 heavy (non-hydrogen) atoms. The fourth-order valence-electron chi connectivity index (χ4n) is 2.20. The molecular formula is C13H19N5O2. The lowest BCUT2D eigenvalue weighted by Gasteiger charge is -2.30. The number of nitrogens with zero attached hydrogens (tertiary/aromatic N) is 4. The second kappa shape index (κ2) is 6.91. The Labute approximate surface area is 118 Å². The van der Waals surface area contributed by atoms with Crippen LogP contribution < -0.4 is 14.8 Å². The SMILES string of the molecule is COc1cc(OC)nc(NC2CCN(CC#N)CC2)n1. The number of nitriles is 1. The van der Waals surface area contributed by atoms with Crippen molar-refractivity contribution in [3.63, 3.8) is 0 Å². The maximum absolute atomic E-state index is 8.68. The van der Waals surface area contributed by atoms with E-state index in [1.807, 2.05) is 0 Å². The summed E-state index contributed by atoms with van der Waals surface area (Å²) in [4.78, 5) is 10.7. The molecule has 0 saturated carbocycles. The van der Waals surface area contributed by atoms with Crippen molar-refractivity contribution >= 4 is 5.95 Å². The molecule has 108 valence electrons. The molecule has 0 unspecified atom stereocenters. The van der Waals surface area contributed by atoms with Gasteiger partial charge in [0.2, 0.25) is 17.7 Å². The van der Waals surface area contributed by atoms with Crippen molar-refractivity contribution in [1.29, 1.82) is 5.26 Å². The molecule has 1 aliphatic rings. The van der Waals surface area contributed by atoms with Gasteiger partial charge in [-0.15, -0.1) is 0 Å². The minimum atomic E-state index is 0.307. The van der Waals surface area contributed by atoms with Crippen LogP contribution >= 0.6 is 0 Å². The summed E-state index contributed by atoms with van der Waals surface area (Å²) >= 11 is 0. The number of hydrogen-bond acceptors (Lipinski definition) is 7. The van der Waals surface area contributed by atoms with Gasteiger partial charge < -0.3 is 14.8 Å². The van der Waals surface area contributed by atoms with Crippen LogP contribution in [-0.2, 0) is 0 Å². The monoisotopic (exact) mass is 277 g/mol. The van der Waals surface area contributed by atoms with Gasteiger partial charge in [-0.25, -0.2) is 0 Å². The van der Waals surface area contributed by atoms with Gasteiger partial charge in [-0.3, -0.25) is 4.90 Å². The lowest BCUT2D eigenvalue weighted by Crippen LogP contribution is -2.39. The lowest BCUT2D eigenvalue weighted by molar-refractivity contribution is 0.242. The topological polar surface area (TPSA) is 83.3 Å². The summed E-state index contributed by atoms with van der Waals surface area (Å²) < 4.78 is 10.2. The van der Waals surface area contributed by atoms with Crippen LogP contribution in [0.25, 0.3) is 0 Å². The quantitative estimate of drug-likeness (QED) is 0.800. The molecule has 0 aliphatic carbocycles. The molecule has 7 nitrogen and oxygen atoms in total. The molecule has 0 bridgehead atoms. The molecule has 0 spiro atoms. The summed E-state index contributed by atoms with van der Waals surface area (Å²) in [5.74, 6) is 1.46. The normalized spacial score (nSPS) is 16.4. The van der Waals surface area contributed by atoms with E-state index >= 15 is 0 Å². The summed E-state index contributed by atoms with van der Waals surface area (Å²) in [6.07, 6.45) is 1.93. The average Bonchev–Trinajstić information content (AvgIpc) is 2.49. The highest BCUT2D eigenvalue weighted by Crippen LogP contribution is 2.20. The summed E-state index contributed by atoms with van der Waals surface area (Å²) in [5, 5.41) is 12.0. The number of nitrogens with one attached hydrogen (secondary N) is 1. The zero-order chi connectivity index (χ0) is 14.4. The van der Waals surface area contributed by atoms with E-state index in [1.165, 1.54) is 0 Å². The molecule has 1 aromatic heterocycles. The first-order valence-electron chi connectivity index (χ1n) is 6.58. The molecule has 1 fully saturated rings. The van der Waals surface area contributed by atoms with Crippen molar-refractivity contribution in [2.45, 2.75) is 18.9 Å². The Bertz CT molecular complexity index is 458. The van der Waals surface area contributed by atoms with Crippen LogP contribution in [0.3, 0.4) is 0 Å². The van der Waals surface area contributed by atoms with Gasteiger partial charge in [0.1, 0.15) is 0 Å². The Morgan fingerprint density at radius 3 is 2.40 bits per heavy atom. The van der Waals surface area contributed by atoms with Crippen molar-refractivity contribution in [3.8, 4) is 17.8 Å². The predicted molar refractivity (Wildman–Crippen MR) is 73.8 cm³/mol. The Balaban J connectivity index is 1.95. The summed E-state index contributed by atoms with van der Waals surface area (Å²) in [6.45, 7) is 2.31. The van der Waals surface area contributed by atoms with Crippen molar-refractivity contribution in [1.82, 2.24) is 14.9 Å². The first kappa shape index (κ1) is 14.3. The van der Waals surface area contributed by atoms with Gasteiger partial charge in [0.15, 0.2) is 0 Å². The molecule has 1 saturated heterocycles. The number of likely N-dealkylation sites (tertiary alicyclic amines) is 1. The second-order valence-electron chi connectivity index (χ2n) is 4.63. The summed E-state index contributed by atoms with van der Waals surface area (Å²) in [6, 6.07) is 4.13. The number of anilines is 1. The Kier molecular flexibility index (Phi) is 4.96. The number of ether oxygens (including phenoxy) is 2. The third kappa shape index (κ3) is 3.71. The van der Waals surface area contributed by atoms with Crippen LogP contribution in [0.5, 0.6) is 11.8 Å². The number of methoxy groups -OCH3 is 2. The first-order valence-corrected chi connectivity index (χ1v) is 6.58. The van der Waals surface area contributed by atoms with Crippen LogP contribution in [0.4, 0.5) is 5.95 Å². The maximum Gasteiger partial charge on any atom is 0.229 e. The van der Waals surface area contributed by atoms with Gasteiger partial charge in [0, 0.05) is 19.1 Å². The van der Waals surface area contributed by atoms with Crippen LogP contribution in [-0.4, -0.2) is 54.8 Å². The molecule has 2 rings (SSSR count). The third-order valence-corrected chi connectivity index (χ3v) is 3.31. The van der Waals surface area contributed by atoms with Gasteiger partial charge in [-0.2, -0.15) is 15.2 Å². The van der Waals surface area contributed by atoms with Gasteiger partial charge in [-0.05, 0) is 12.8 Å². The zero-order valence-corrected chi connectivity index (χ0v) is 11.8. The molecule has 0 atom stereocenters. The van der Waals surface area contributed by atoms with E-state index in [-0.39, 0.29) is 0 Å². The van der Waals surface area contributed by atoms with Crippen molar-refractivity contribution in [2.24, 2.45) is 0 Å². The molecule has 1 N–H and O–H groups in total. The van der Waals surface area contributed by atoms with E-state index in [1.54, 1.807) is 20.3 Å². The maximum atomic E-state index is 8.68. The first-order chi connectivity index (χ1) is 9.75. The summed E-state index contributed by atoms with van der Waals surface area (Å²) in [7, 11) is 3.12. The number of rotatable bonds is 5. The number of aromatic nitrogens is 2. The minimum absolute atomic E-state index is 0.307. The highest BCUT2D eigenvalue weighted by Gasteiger charge is 2.19. The van der Waals surface area contributed by atoms with Gasteiger partial charge in [0.25, 0.3) is 0 Å². The fourth-order valence-corrected chi connectivity index (χ4v) is 2.20. The van der Waals surface area contributed by atoms with Gasteiger partial charge in [-0.1, -0.05) is 0 Å². The molecule has 1 aromatic rings. The van der Waals surface area contributed by atoms with E-state index in [4.69, 9.17) is 14.7 Å². The molecule has 1 aliphatic heterocycles. The van der Waals surface area contributed by atoms with E-state index in [0.29, 0.717) is 30.3 Å². The average molecular weight is 277 g/mol. The van der Waals surface area contributed by atoms with Crippen molar-refractivity contribution in [3.05, 3.63) is 6.07 Å². The van der Waals surface area contributed by atoms with Crippen LogP contribution in [0.1, 0.15) is 12.8 Å². The van der Waals surface area contributed by atoms with E-state index < -0.39 is 0 Å².